The van der Waals surface area contributed by atoms with Crippen molar-refractivity contribution in [2.45, 2.75) is 19.9 Å². The predicted molar refractivity (Wildman–Crippen MR) is 93.7 cm³/mol. The van der Waals surface area contributed by atoms with Gasteiger partial charge in [-0.1, -0.05) is 25.1 Å². The first-order valence-electron chi connectivity index (χ1n) is 7.70. The maximum Gasteiger partial charge on any atom is 0.251 e. The number of aromatic nitrogens is 2. The second-order valence-corrected chi connectivity index (χ2v) is 6.20. The summed E-state index contributed by atoms with van der Waals surface area (Å²) in [5.41, 5.74) is 2.91. The minimum absolute atomic E-state index is 0.0433. The normalized spacial score (nSPS) is 10.7. The molecular weight excluding hydrogens is 306 g/mol. The van der Waals surface area contributed by atoms with E-state index in [0.717, 1.165) is 17.0 Å². The zero-order valence-electron chi connectivity index (χ0n) is 13.0. The number of rotatable bonds is 6. The van der Waals surface area contributed by atoms with Crippen LogP contribution in [-0.4, -0.2) is 22.2 Å². The van der Waals surface area contributed by atoms with Gasteiger partial charge >= 0.3 is 0 Å². The number of carbonyl (C=O) groups is 1. The van der Waals surface area contributed by atoms with Crippen molar-refractivity contribution in [1.82, 2.24) is 15.1 Å². The van der Waals surface area contributed by atoms with Crippen molar-refractivity contribution in [1.29, 1.82) is 0 Å². The first kappa shape index (κ1) is 15.5. The fourth-order valence-electron chi connectivity index (χ4n) is 2.32. The van der Waals surface area contributed by atoms with Crippen LogP contribution in [0.1, 0.15) is 22.8 Å². The SMILES string of the molecule is CCc1ccc(C(=O)NCCn2ccc(-c3cccs3)n2)cc1. The first-order chi connectivity index (χ1) is 11.3. The Labute approximate surface area is 139 Å². The number of aryl methyl sites for hydroxylation is 1. The number of amides is 1. The van der Waals surface area contributed by atoms with Crippen LogP contribution >= 0.6 is 11.3 Å². The van der Waals surface area contributed by atoms with Crippen LogP contribution in [0.5, 0.6) is 0 Å². The summed E-state index contributed by atoms with van der Waals surface area (Å²) in [7, 11) is 0. The number of hydrogen-bond acceptors (Lipinski definition) is 3. The molecule has 0 bridgehead atoms. The van der Waals surface area contributed by atoms with Gasteiger partial charge in [0, 0.05) is 18.3 Å². The molecular formula is C18H19N3OS. The predicted octanol–water partition coefficient (Wildman–Crippen LogP) is 3.60. The minimum atomic E-state index is -0.0433. The Bertz CT molecular complexity index is 760. The van der Waals surface area contributed by atoms with Gasteiger partial charge in [0.15, 0.2) is 0 Å². The smallest absolute Gasteiger partial charge is 0.251 e. The van der Waals surface area contributed by atoms with Gasteiger partial charge in [0.05, 0.1) is 11.4 Å². The van der Waals surface area contributed by atoms with E-state index >= 15 is 0 Å². The topological polar surface area (TPSA) is 46.9 Å². The molecule has 0 aliphatic heterocycles. The van der Waals surface area contributed by atoms with Crippen molar-refractivity contribution in [2.24, 2.45) is 0 Å². The van der Waals surface area contributed by atoms with Crippen LogP contribution in [0.25, 0.3) is 10.6 Å². The minimum Gasteiger partial charge on any atom is -0.350 e. The van der Waals surface area contributed by atoms with Gasteiger partial charge in [0.2, 0.25) is 0 Å². The van der Waals surface area contributed by atoms with Crippen molar-refractivity contribution in [3.05, 3.63) is 65.2 Å². The third kappa shape index (κ3) is 3.87. The summed E-state index contributed by atoms with van der Waals surface area (Å²) in [6.45, 7) is 3.31. The van der Waals surface area contributed by atoms with E-state index in [9.17, 15) is 4.79 Å². The number of hydrogen-bond donors (Lipinski definition) is 1. The van der Waals surface area contributed by atoms with Crippen molar-refractivity contribution >= 4 is 17.2 Å². The summed E-state index contributed by atoms with van der Waals surface area (Å²) in [6.07, 6.45) is 2.92. The van der Waals surface area contributed by atoms with Crippen LogP contribution in [0, 0.1) is 0 Å². The van der Waals surface area contributed by atoms with Crippen LogP contribution in [0.4, 0.5) is 0 Å². The highest BCUT2D eigenvalue weighted by Crippen LogP contribution is 2.22. The molecule has 3 aromatic rings. The monoisotopic (exact) mass is 325 g/mol. The van der Waals surface area contributed by atoms with Crippen LogP contribution < -0.4 is 5.32 Å². The molecule has 0 saturated carbocycles. The zero-order chi connectivity index (χ0) is 16.1. The number of carbonyl (C=O) groups excluding carboxylic acids is 1. The molecule has 0 fully saturated rings. The first-order valence-corrected chi connectivity index (χ1v) is 8.58. The number of nitrogens with one attached hydrogen (secondary N) is 1. The molecule has 1 N–H and O–H groups in total. The number of thiophene rings is 1. The van der Waals surface area contributed by atoms with E-state index in [1.165, 1.54) is 5.56 Å². The largest absolute Gasteiger partial charge is 0.350 e. The van der Waals surface area contributed by atoms with E-state index in [4.69, 9.17) is 0 Å². The second-order valence-electron chi connectivity index (χ2n) is 5.25. The summed E-state index contributed by atoms with van der Waals surface area (Å²) >= 11 is 1.67. The third-order valence-electron chi connectivity index (χ3n) is 3.67. The van der Waals surface area contributed by atoms with Crippen LogP contribution in [0.15, 0.2) is 54.0 Å². The Hall–Kier alpha value is -2.40. The third-order valence-corrected chi connectivity index (χ3v) is 4.56. The van der Waals surface area contributed by atoms with Crippen molar-refractivity contribution in [3.63, 3.8) is 0 Å². The number of nitrogens with zero attached hydrogens (tertiary/aromatic N) is 2. The average molecular weight is 325 g/mol. The van der Waals surface area contributed by atoms with E-state index in [0.29, 0.717) is 18.7 Å². The van der Waals surface area contributed by atoms with Crippen molar-refractivity contribution in [3.8, 4) is 10.6 Å². The fourth-order valence-corrected chi connectivity index (χ4v) is 3.01. The maximum atomic E-state index is 12.1. The van der Waals surface area contributed by atoms with Gasteiger partial charge in [-0.05, 0) is 41.6 Å². The van der Waals surface area contributed by atoms with E-state index < -0.39 is 0 Å². The standard InChI is InChI=1S/C18H19N3OS/c1-2-14-5-7-15(8-6-14)18(22)19-10-12-21-11-9-16(20-21)17-4-3-13-23-17/h3-9,11,13H,2,10,12H2,1H3,(H,19,22). The quantitative estimate of drug-likeness (QED) is 0.752. The van der Waals surface area contributed by atoms with Crippen LogP contribution in [-0.2, 0) is 13.0 Å². The second kappa shape index (κ2) is 7.24. The lowest BCUT2D eigenvalue weighted by Crippen LogP contribution is -2.27. The maximum absolute atomic E-state index is 12.1. The molecule has 0 radical (unpaired) electrons. The zero-order valence-corrected chi connectivity index (χ0v) is 13.8. The molecule has 1 amide bonds. The molecule has 3 rings (SSSR count). The van der Waals surface area contributed by atoms with Gasteiger partial charge in [0.1, 0.15) is 5.69 Å². The van der Waals surface area contributed by atoms with Crippen molar-refractivity contribution in [2.75, 3.05) is 6.54 Å². The van der Waals surface area contributed by atoms with E-state index in [1.807, 2.05) is 52.7 Å². The summed E-state index contributed by atoms with van der Waals surface area (Å²) in [5, 5.41) is 9.49. The molecule has 0 aliphatic carbocycles. The Morgan fingerprint density at radius 2 is 2.04 bits per heavy atom. The Morgan fingerprint density at radius 1 is 1.22 bits per heavy atom. The van der Waals surface area contributed by atoms with E-state index in [1.54, 1.807) is 11.3 Å². The van der Waals surface area contributed by atoms with Gasteiger partial charge in [-0.3, -0.25) is 9.48 Å². The molecule has 0 aliphatic rings. The highest BCUT2D eigenvalue weighted by molar-refractivity contribution is 7.13. The highest BCUT2D eigenvalue weighted by atomic mass is 32.1. The average Bonchev–Trinajstić information content (AvgIpc) is 3.26. The molecule has 0 atom stereocenters. The molecule has 0 unspecified atom stereocenters. The molecule has 4 nitrogen and oxygen atoms in total. The van der Waals surface area contributed by atoms with E-state index in [-0.39, 0.29) is 5.91 Å². The molecule has 0 saturated heterocycles. The molecule has 1 aromatic carbocycles. The van der Waals surface area contributed by atoms with Gasteiger partial charge in [-0.15, -0.1) is 11.3 Å². The lowest BCUT2D eigenvalue weighted by molar-refractivity contribution is 0.0952. The Morgan fingerprint density at radius 3 is 2.74 bits per heavy atom. The lowest BCUT2D eigenvalue weighted by Gasteiger charge is -2.06. The summed E-state index contributed by atoms with van der Waals surface area (Å²) in [5.74, 6) is -0.0433. The van der Waals surface area contributed by atoms with Crippen molar-refractivity contribution < 1.29 is 4.79 Å². The highest BCUT2D eigenvalue weighted by Gasteiger charge is 2.06. The summed E-state index contributed by atoms with van der Waals surface area (Å²) in [4.78, 5) is 13.2. The van der Waals surface area contributed by atoms with Gasteiger partial charge in [-0.25, -0.2) is 0 Å². The van der Waals surface area contributed by atoms with E-state index in [2.05, 4.69) is 23.4 Å². The number of benzene rings is 1. The molecule has 23 heavy (non-hydrogen) atoms. The molecule has 118 valence electrons. The van der Waals surface area contributed by atoms with Gasteiger partial charge < -0.3 is 5.32 Å². The lowest BCUT2D eigenvalue weighted by atomic mass is 10.1. The Kier molecular flexibility index (Phi) is 4.88. The summed E-state index contributed by atoms with van der Waals surface area (Å²) in [6, 6.07) is 13.8. The molecule has 2 aromatic heterocycles. The molecule has 2 heterocycles. The molecule has 5 heteroatoms. The van der Waals surface area contributed by atoms with Gasteiger partial charge in [0.25, 0.3) is 5.91 Å². The molecule has 0 spiro atoms. The Balaban J connectivity index is 1.51. The van der Waals surface area contributed by atoms with Crippen LogP contribution in [0.2, 0.25) is 0 Å². The fraction of sp³-hybridized carbons (Fsp3) is 0.222. The summed E-state index contributed by atoms with van der Waals surface area (Å²) < 4.78 is 1.86. The van der Waals surface area contributed by atoms with Crippen LogP contribution in [0.3, 0.4) is 0 Å². The van der Waals surface area contributed by atoms with Gasteiger partial charge in [-0.2, -0.15) is 5.10 Å².